The van der Waals surface area contributed by atoms with Crippen molar-refractivity contribution < 1.29 is 18.1 Å². The topological polar surface area (TPSA) is 65.1 Å². The average molecular weight is 298 g/mol. The molecule has 1 heterocycles. The zero-order chi connectivity index (χ0) is 15.6. The minimum absolute atomic E-state index is 0.176. The van der Waals surface area contributed by atoms with E-state index in [9.17, 15) is 28.1 Å². The molecule has 0 aliphatic heterocycles. The van der Waals surface area contributed by atoms with Crippen LogP contribution in [0.3, 0.4) is 0 Å². The van der Waals surface area contributed by atoms with E-state index in [1.165, 1.54) is 24.3 Å². The van der Waals surface area contributed by atoms with Gasteiger partial charge in [-0.2, -0.15) is 13.2 Å². The molecule has 0 amide bonds. The fourth-order valence-corrected chi connectivity index (χ4v) is 1.79. The fourth-order valence-electron chi connectivity index (χ4n) is 1.79. The van der Waals surface area contributed by atoms with Crippen molar-refractivity contribution in [1.82, 2.24) is 4.57 Å². The molecule has 110 valence electrons. The zero-order valence-corrected chi connectivity index (χ0v) is 10.5. The van der Waals surface area contributed by atoms with Crippen LogP contribution in [0.15, 0.2) is 47.4 Å². The Morgan fingerprint density at radius 3 is 2.52 bits per heavy atom. The van der Waals surface area contributed by atoms with E-state index in [1.807, 2.05) is 0 Å². The second kappa shape index (κ2) is 5.39. The van der Waals surface area contributed by atoms with Gasteiger partial charge in [-0.3, -0.25) is 14.9 Å². The molecule has 8 heteroatoms. The van der Waals surface area contributed by atoms with Crippen LogP contribution >= 0.6 is 0 Å². The van der Waals surface area contributed by atoms with Crippen LogP contribution in [0, 0.1) is 10.1 Å². The normalized spacial score (nSPS) is 11.4. The summed E-state index contributed by atoms with van der Waals surface area (Å²) in [6.07, 6.45) is -3.86. The molecule has 0 saturated heterocycles. The van der Waals surface area contributed by atoms with Gasteiger partial charge in [0.2, 0.25) is 0 Å². The number of rotatable bonds is 3. The predicted octanol–water partition coefficient (Wildman–Crippen LogP) is 2.82. The molecule has 2 rings (SSSR count). The van der Waals surface area contributed by atoms with Crippen LogP contribution in [0.25, 0.3) is 0 Å². The summed E-state index contributed by atoms with van der Waals surface area (Å²) in [4.78, 5) is 21.6. The number of nitro groups is 1. The van der Waals surface area contributed by atoms with Gasteiger partial charge < -0.3 is 4.57 Å². The molecule has 1 aromatic heterocycles. The minimum Gasteiger partial charge on any atom is -0.311 e. The second-order valence-electron chi connectivity index (χ2n) is 4.31. The molecule has 0 unspecified atom stereocenters. The van der Waals surface area contributed by atoms with Crippen LogP contribution in [0.5, 0.6) is 0 Å². The summed E-state index contributed by atoms with van der Waals surface area (Å²) < 4.78 is 38.7. The van der Waals surface area contributed by atoms with Crippen molar-refractivity contribution in [1.29, 1.82) is 0 Å². The summed E-state index contributed by atoms with van der Waals surface area (Å²) in [5.74, 6) is 0. The van der Waals surface area contributed by atoms with Crippen LogP contribution in [-0.2, 0) is 12.7 Å². The third-order valence-electron chi connectivity index (χ3n) is 2.79. The molecule has 0 saturated carbocycles. The Morgan fingerprint density at radius 1 is 1.19 bits per heavy atom. The van der Waals surface area contributed by atoms with E-state index < -0.39 is 22.2 Å². The molecule has 2 aromatic rings. The van der Waals surface area contributed by atoms with Gasteiger partial charge in [0.25, 0.3) is 11.2 Å². The number of pyridine rings is 1. The largest absolute Gasteiger partial charge is 0.417 e. The molecule has 0 aliphatic carbocycles. The molecular weight excluding hydrogens is 289 g/mol. The first-order valence-electron chi connectivity index (χ1n) is 5.78. The maximum Gasteiger partial charge on any atom is 0.417 e. The number of non-ortho nitro benzene ring substituents is 1. The maximum atomic E-state index is 12.6. The number of hydrogen-bond acceptors (Lipinski definition) is 3. The van der Waals surface area contributed by atoms with E-state index in [-0.39, 0.29) is 12.2 Å². The highest BCUT2D eigenvalue weighted by atomic mass is 19.4. The third-order valence-corrected chi connectivity index (χ3v) is 2.79. The molecule has 0 spiro atoms. The van der Waals surface area contributed by atoms with E-state index >= 15 is 0 Å². The highest BCUT2D eigenvalue weighted by molar-refractivity contribution is 5.34. The number of aromatic nitrogens is 1. The van der Waals surface area contributed by atoms with Gasteiger partial charge in [0, 0.05) is 24.4 Å². The molecular formula is C13H9F3N2O3. The molecule has 21 heavy (non-hydrogen) atoms. The summed E-state index contributed by atoms with van der Waals surface area (Å²) in [7, 11) is 0. The van der Waals surface area contributed by atoms with E-state index in [2.05, 4.69) is 0 Å². The summed E-state index contributed by atoms with van der Waals surface area (Å²) in [6, 6.07) is 6.91. The number of benzene rings is 1. The van der Waals surface area contributed by atoms with Crippen molar-refractivity contribution in [3.05, 3.63) is 74.2 Å². The summed E-state index contributed by atoms with van der Waals surface area (Å²) >= 11 is 0. The van der Waals surface area contributed by atoms with Crippen LogP contribution in [0.2, 0.25) is 0 Å². The monoisotopic (exact) mass is 298 g/mol. The fraction of sp³-hybridized carbons (Fsp3) is 0.154. The maximum absolute atomic E-state index is 12.6. The number of nitro benzene ring substituents is 1. The number of halogens is 3. The predicted molar refractivity (Wildman–Crippen MR) is 67.9 cm³/mol. The van der Waals surface area contributed by atoms with Crippen LogP contribution in [0.1, 0.15) is 11.1 Å². The Kier molecular flexibility index (Phi) is 3.79. The Bertz CT molecular complexity index is 738. The van der Waals surface area contributed by atoms with Crippen molar-refractivity contribution in [2.24, 2.45) is 0 Å². The highest BCUT2D eigenvalue weighted by Gasteiger charge is 2.31. The van der Waals surface area contributed by atoms with Crippen LogP contribution in [0.4, 0.5) is 18.9 Å². The Hall–Kier alpha value is -2.64. The molecule has 0 N–H and O–H groups in total. The smallest absolute Gasteiger partial charge is 0.311 e. The van der Waals surface area contributed by atoms with E-state index in [0.717, 1.165) is 10.6 Å². The lowest BCUT2D eigenvalue weighted by molar-refractivity contribution is -0.384. The van der Waals surface area contributed by atoms with Gasteiger partial charge >= 0.3 is 6.18 Å². The summed E-state index contributed by atoms with van der Waals surface area (Å²) in [6.45, 7) is -0.176. The number of hydrogen-bond donors (Lipinski definition) is 0. The summed E-state index contributed by atoms with van der Waals surface area (Å²) in [5, 5.41) is 10.6. The lowest BCUT2D eigenvalue weighted by atomic mass is 10.2. The lowest BCUT2D eigenvalue weighted by Gasteiger charge is -2.10. The first-order chi connectivity index (χ1) is 9.77. The van der Waals surface area contributed by atoms with Crippen LogP contribution < -0.4 is 5.56 Å². The van der Waals surface area contributed by atoms with Crippen molar-refractivity contribution in [3.8, 4) is 0 Å². The van der Waals surface area contributed by atoms with Crippen molar-refractivity contribution in [3.63, 3.8) is 0 Å². The molecule has 1 aromatic carbocycles. The number of alkyl halides is 3. The Balaban J connectivity index is 2.37. The third kappa shape index (κ3) is 3.47. The summed E-state index contributed by atoms with van der Waals surface area (Å²) in [5.41, 5.74) is -1.39. The highest BCUT2D eigenvalue weighted by Crippen LogP contribution is 2.28. The first kappa shape index (κ1) is 14.8. The molecule has 0 radical (unpaired) electrons. The quantitative estimate of drug-likeness (QED) is 0.646. The van der Waals surface area contributed by atoms with Gasteiger partial charge in [0.15, 0.2) is 0 Å². The first-order valence-corrected chi connectivity index (χ1v) is 5.78. The van der Waals surface area contributed by atoms with Crippen molar-refractivity contribution >= 4 is 5.69 Å². The Morgan fingerprint density at radius 2 is 1.90 bits per heavy atom. The molecule has 0 aliphatic rings. The average Bonchev–Trinajstić information content (AvgIpc) is 2.40. The van der Waals surface area contributed by atoms with E-state index in [1.54, 1.807) is 0 Å². The number of nitrogens with zero attached hydrogens (tertiary/aromatic N) is 2. The molecule has 0 fully saturated rings. The van der Waals surface area contributed by atoms with Crippen LogP contribution in [-0.4, -0.2) is 9.49 Å². The van der Waals surface area contributed by atoms with Gasteiger partial charge in [-0.1, -0.05) is 12.1 Å². The second-order valence-corrected chi connectivity index (χ2v) is 4.31. The van der Waals surface area contributed by atoms with Gasteiger partial charge in [-0.05, 0) is 11.6 Å². The SMILES string of the molecule is O=c1ccc(C(F)(F)F)cn1Cc1cccc([N+](=O)[O-])c1. The minimum atomic E-state index is -4.56. The van der Waals surface area contributed by atoms with Gasteiger partial charge in [0.1, 0.15) is 0 Å². The zero-order valence-electron chi connectivity index (χ0n) is 10.5. The van der Waals surface area contributed by atoms with Crippen molar-refractivity contribution in [2.75, 3.05) is 0 Å². The molecule has 0 bridgehead atoms. The van der Waals surface area contributed by atoms with Crippen molar-refractivity contribution in [2.45, 2.75) is 12.7 Å². The van der Waals surface area contributed by atoms with Gasteiger partial charge in [-0.25, -0.2) is 0 Å². The standard InChI is InChI=1S/C13H9F3N2O3/c14-13(15,16)10-4-5-12(19)17(8-10)7-9-2-1-3-11(6-9)18(20)21/h1-6,8H,7H2. The molecule has 0 atom stereocenters. The molecule has 5 nitrogen and oxygen atoms in total. The van der Waals surface area contributed by atoms with Gasteiger partial charge in [-0.15, -0.1) is 0 Å². The van der Waals surface area contributed by atoms with E-state index in [0.29, 0.717) is 17.8 Å². The Labute approximate surface area is 116 Å². The lowest BCUT2D eigenvalue weighted by Crippen LogP contribution is -2.21. The van der Waals surface area contributed by atoms with E-state index in [4.69, 9.17) is 0 Å². The van der Waals surface area contributed by atoms with Gasteiger partial charge in [0.05, 0.1) is 17.0 Å².